The lowest BCUT2D eigenvalue weighted by Crippen LogP contribution is -2.13. The molecule has 0 heterocycles. The number of nitrogens with two attached hydrogens (primary N) is 1. The van der Waals surface area contributed by atoms with Crippen LogP contribution >= 0.6 is 0 Å². The lowest BCUT2D eigenvalue weighted by atomic mass is 9.84. The normalized spacial score (nSPS) is 14.4. The van der Waals surface area contributed by atoms with Crippen LogP contribution in [0.3, 0.4) is 0 Å². The fourth-order valence-electron chi connectivity index (χ4n) is 2.23. The number of hydrogen-bond acceptors (Lipinski definition) is 2. The van der Waals surface area contributed by atoms with Gasteiger partial charge in [-0.3, -0.25) is 0 Å². The van der Waals surface area contributed by atoms with Crippen LogP contribution in [-0.2, 0) is 0 Å². The predicted molar refractivity (Wildman–Crippen MR) is 73.6 cm³/mol. The molecule has 0 saturated carbocycles. The third-order valence-electron chi connectivity index (χ3n) is 3.52. The summed E-state index contributed by atoms with van der Waals surface area (Å²) in [5.41, 5.74) is 8.35. The molecular weight excluding hydrogens is 210 g/mol. The van der Waals surface area contributed by atoms with Crippen molar-refractivity contribution in [2.45, 2.75) is 40.0 Å². The SMILES string of the molecule is CCOc1ccc(C(C)C(C)CCN)c(C)c1. The van der Waals surface area contributed by atoms with Crippen molar-refractivity contribution in [1.82, 2.24) is 0 Å². The molecule has 0 spiro atoms. The summed E-state index contributed by atoms with van der Waals surface area (Å²) >= 11 is 0. The van der Waals surface area contributed by atoms with Crippen LogP contribution in [0, 0.1) is 12.8 Å². The van der Waals surface area contributed by atoms with Crippen molar-refractivity contribution < 1.29 is 4.74 Å². The van der Waals surface area contributed by atoms with E-state index in [0.29, 0.717) is 11.8 Å². The lowest BCUT2D eigenvalue weighted by Gasteiger charge is -2.22. The summed E-state index contributed by atoms with van der Waals surface area (Å²) < 4.78 is 5.51. The Balaban J connectivity index is 2.83. The van der Waals surface area contributed by atoms with Gasteiger partial charge < -0.3 is 10.5 Å². The summed E-state index contributed by atoms with van der Waals surface area (Å²) in [6.45, 7) is 10.2. The molecule has 1 rings (SSSR count). The summed E-state index contributed by atoms with van der Waals surface area (Å²) in [7, 11) is 0. The highest BCUT2D eigenvalue weighted by Gasteiger charge is 2.15. The summed E-state index contributed by atoms with van der Waals surface area (Å²) in [5.74, 6) is 2.14. The Hall–Kier alpha value is -1.02. The first-order valence-electron chi connectivity index (χ1n) is 6.53. The van der Waals surface area contributed by atoms with E-state index in [1.807, 2.05) is 6.92 Å². The maximum Gasteiger partial charge on any atom is 0.119 e. The minimum Gasteiger partial charge on any atom is -0.494 e. The van der Waals surface area contributed by atoms with Crippen molar-refractivity contribution in [3.05, 3.63) is 29.3 Å². The predicted octanol–water partition coefficient (Wildman–Crippen LogP) is 3.48. The Bertz CT molecular complexity index is 349. The van der Waals surface area contributed by atoms with Crippen LogP contribution in [0.4, 0.5) is 0 Å². The first-order valence-corrected chi connectivity index (χ1v) is 6.53. The molecule has 0 saturated heterocycles. The minimum atomic E-state index is 0.550. The summed E-state index contributed by atoms with van der Waals surface area (Å²) in [6, 6.07) is 6.39. The van der Waals surface area contributed by atoms with E-state index in [1.165, 1.54) is 11.1 Å². The van der Waals surface area contributed by atoms with Crippen LogP contribution in [0.5, 0.6) is 5.75 Å². The summed E-state index contributed by atoms with van der Waals surface area (Å²) in [4.78, 5) is 0. The molecule has 0 fully saturated rings. The second kappa shape index (κ2) is 6.65. The standard InChI is InChI=1S/C15H25NO/c1-5-17-14-6-7-15(12(3)10-14)13(4)11(2)8-9-16/h6-7,10-11,13H,5,8-9,16H2,1-4H3. The second-order valence-electron chi connectivity index (χ2n) is 4.79. The quantitative estimate of drug-likeness (QED) is 0.819. The van der Waals surface area contributed by atoms with Crippen molar-refractivity contribution >= 4 is 0 Å². The van der Waals surface area contributed by atoms with Gasteiger partial charge in [-0.05, 0) is 61.9 Å². The average molecular weight is 235 g/mol. The topological polar surface area (TPSA) is 35.2 Å². The summed E-state index contributed by atoms with van der Waals surface area (Å²) in [5, 5.41) is 0. The fourth-order valence-corrected chi connectivity index (χ4v) is 2.23. The minimum absolute atomic E-state index is 0.550. The van der Waals surface area contributed by atoms with Crippen LogP contribution in [0.15, 0.2) is 18.2 Å². The number of ether oxygens (including phenoxy) is 1. The van der Waals surface area contributed by atoms with Gasteiger partial charge in [-0.1, -0.05) is 19.9 Å². The molecule has 0 amide bonds. The molecule has 2 unspecified atom stereocenters. The van der Waals surface area contributed by atoms with E-state index in [9.17, 15) is 0 Å². The van der Waals surface area contributed by atoms with Gasteiger partial charge in [-0.2, -0.15) is 0 Å². The molecule has 2 heteroatoms. The van der Waals surface area contributed by atoms with E-state index in [2.05, 4.69) is 39.0 Å². The van der Waals surface area contributed by atoms with Crippen molar-refractivity contribution in [3.8, 4) is 5.75 Å². The molecule has 1 aromatic rings. The number of hydrogen-bond donors (Lipinski definition) is 1. The summed E-state index contributed by atoms with van der Waals surface area (Å²) in [6.07, 6.45) is 1.08. The van der Waals surface area contributed by atoms with E-state index in [1.54, 1.807) is 0 Å². The zero-order chi connectivity index (χ0) is 12.8. The largest absolute Gasteiger partial charge is 0.494 e. The number of aryl methyl sites for hydroxylation is 1. The molecule has 1 aromatic carbocycles. The Morgan fingerprint density at radius 2 is 2.00 bits per heavy atom. The highest BCUT2D eigenvalue weighted by molar-refractivity contribution is 5.36. The van der Waals surface area contributed by atoms with Crippen molar-refractivity contribution in [2.24, 2.45) is 11.7 Å². The third kappa shape index (κ3) is 3.74. The van der Waals surface area contributed by atoms with Crippen LogP contribution in [0.2, 0.25) is 0 Å². The molecule has 0 aromatic heterocycles. The van der Waals surface area contributed by atoms with Gasteiger partial charge in [0.25, 0.3) is 0 Å². The van der Waals surface area contributed by atoms with Crippen molar-refractivity contribution in [2.75, 3.05) is 13.2 Å². The smallest absolute Gasteiger partial charge is 0.119 e. The van der Waals surface area contributed by atoms with Gasteiger partial charge in [-0.25, -0.2) is 0 Å². The van der Waals surface area contributed by atoms with E-state index in [4.69, 9.17) is 10.5 Å². The van der Waals surface area contributed by atoms with E-state index in [0.717, 1.165) is 25.3 Å². The van der Waals surface area contributed by atoms with Gasteiger partial charge in [0, 0.05) is 0 Å². The van der Waals surface area contributed by atoms with Gasteiger partial charge in [0.2, 0.25) is 0 Å². The highest BCUT2D eigenvalue weighted by Crippen LogP contribution is 2.30. The average Bonchev–Trinajstić information content (AvgIpc) is 2.29. The Labute approximate surface area is 105 Å². The maximum atomic E-state index is 5.63. The first-order chi connectivity index (χ1) is 8.10. The molecule has 2 N–H and O–H groups in total. The van der Waals surface area contributed by atoms with Crippen LogP contribution in [0.25, 0.3) is 0 Å². The maximum absolute atomic E-state index is 5.63. The van der Waals surface area contributed by atoms with Crippen molar-refractivity contribution in [1.29, 1.82) is 0 Å². The van der Waals surface area contributed by atoms with Crippen LogP contribution < -0.4 is 10.5 Å². The van der Waals surface area contributed by atoms with E-state index < -0.39 is 0 Å². The molecular formula is C15H25NO. The third-order valence-corrected chi connectivity index (χ3v) is 3.52. The Morgan fingerprint density at radius 3 is 2.53 bits per heavy atom. The molecule has 96 valence electrons. The van der Waals surface area contributed by atoms with Crippen molar-refractivity contribution in [3.63, 3.8) is 0 Å². The first kappa shape index (κ1) is 14.0. The molecule has 0 aliphatic rings. The van der Waals surface area contributed by atoms with Crippen LogP contribution in [-0.4, -0.2) is 13.2 Å². The van der Waals surface area contributed by atoms with E-state index >= 15 is 0 Å². The number of rotatable bonds is 6. The molecule has 17 heavy (non-hydrogen) atoms. The molecule has 0 aliphatic carbocycles. The molecule has 2 atom stereocenters. The van der Waals surface area contributed by atoms with Gasteiger partial charge in [0.15, 0.2) is 0 Å². The fraction of sp³-hybridized carbons (Fsp3) is 0.600. The number of benzene rings is 1. The Morgan fingerprint density at radius 1 is 1.29 bits per heavy atom. The van der Waals surface area contributed by atoms with Gasteiger partial charge in [0.1, 0.15) is 5.75 Å². The lowest BCUT2D eigenvalue weighted by molar-refractivity contribution is 0.339. The Kier molecular flexibility index (Phi) is 5.49. The van der Waals surface area contributed by atoms with Gasteiger partial charge in [0.05, 0.1) is 6.61 Å². The molecule has 0 bridgehead atoms. The zero-order valence-electron chi connectivity index (χ0n) is 11.5. The van der Waals surface area contributed by atoms with E-state index in [-0.39, 0.29) is 0 Å². The zero-order valence-corrected chi connectivity index (χ0v) is 11.5. The second-order valence-corrected chi connectivity index (χ2v) is 4.79. The highest BCUT2D eigenvalue weighted by atomic mass is 16.5. The molecule has 0 radical (unpaired) electrons. The molecule has 0 aliphatic heterocycles. The van der Waals surface area contributed by atoms with Crippen LogP contribution in [0.1, 0.15) is 44.2 Å². The van der Waals surface area contributed by atoms with Gasteiger partial charge in [-0.15, -0.1) is 0 Å². The van der Waals surface area contributed by atoms with Gasteiger partial charge >= 0.3 is 0 Å². The monoisotopic (exact) mass is 235 g/mol. The molecule has 2 nitrogen and oxygen atoms in total.